The summed E-state index contributed by atoms with van der Waals surface area (Å²) < 4.78 is 0. The highest BCUT2D eigenvalue weighted by Gasteiger charge is 2.31. The van der Waals surface area contributed by atoms with Crippen LogP contribution >= 0.6 is 21.6 Å². The van der Waals surface area contributed by atoms with Gasteiger partial charge >= 0.3 is 0 Å². The van der Waals surface area contributed by atoms with Gasteiger partial charge in [0, 0.05) is 55.3 Å². The lowest BCUT2D eigenvalue weighted by atomic mass is 10.0. The van der Waals surface area contributed by atoms with E-state index in [1.807, 2.05) is 56.8 Å². The zero-order chi connectivity index (χ0) is 17.9. The van der Waals surface area contributed by atoms with Crippen LogP contribution in [0.15, 0.2) is 42.5 Å². The van der Waals surface area contributed by atoms with Crippen LogP contribution < -0.4 is 5.73 Å². The van der Waals surface area contributed by atoms with Crippen molar-refractivity contribution in [3.63, 3.8) is 0 Å². The predicted molar refractivity (Wildman–Crippen MR) is 113 cm³/mol. The highest BCUT2D eigenvalue weighted by Crippen LogP contribution is 2.28. The first-order valence-electron chi connectivity index (χ1n) is 9.23. The summed E-state index contributed by atoms with van der Waals surface area (Å²) in [5, 5.41) is 2.17. The van der Waals surface area contributed by atoms with Gasteiger partial charge in [0.2, 0.25) is 0 Å². The van der Waals surface area contributed by atoms with Gasteiger partial charge in [0.25, 0.3) is 5.91 Å². The normalized spacial score (nSPS) is 25.2. The molecular weight excluding hydrogens is 362 g/mol. The third kappa shape index (κ3) is 3.88. The number of nitrogens with zero attached hydrogens (tertiary/aromatic N) is 2. The number of amides is 1. The second kappa shape index (κ2) is 8.21. The molecule has 0 aromatic heterocycles. The molecule has 2 N–H and O–H groups in total. The summed E-state index contributed by atoms with van der Waals surface area (Å²) in [5.74, 6) is 2.29. The Kier molecular flexibility index (Phi) is 5.74. The molecule has 26 heavy (non-hydrogen) atoms. The van der Waals surface area contributed by atoms with Crippen LogP contribution in [0, 0.1) is 0 Å². The van der Waals surface area contributed by atoms with E-state index in [9.17, 15) is 4.79 Å². The van der Waals surface area contributed by atoms with E-state index in [4.69, 9.17) is 5.73 Å². The van der Waals surface area contributed by atoms with E-state index >= 15 is 0 Å². The first kappa shape index (κ1) is 18.2. The summed E-state index contributed by atoms with van der Waals surface area (Å²) in [6, 6.07) is 14.8. The third-order valence-corrected chi connectivity index (χ3v) is 7.82. The van der Waals surface area contributed by atoms with Crippen molar-refractivity contribution in [1.29, 1.82) is 0 Å². The Morgan fingerprint density at radius 3 is 2.81 bits per heavy atom. The maximum atomic E-state index is 13.2. The molecule has 2 heterocycles. The highest BCUT2D eigenvalue weighted by molar-refractivity contribution is 8.76. The van der Waals surface area contributed by atoms with Gasteiger partial charge in [0.15, 0.2) is 0 Å². The number of nitrogens with two attached hydrogens (primary N) is 1. The summed E-state index contributed by atoms with van der Waals surface area (Å²) in [7, 11) is 3.80. The van der Waals surface area contributed by atoms with Crippen molar-refractivity contribution < 1.29 is 4.79 Å². The van der Waals surface area contributed by atoms with Gasteiger partial charge in [-0.15, -0.1) is 0 Å². The second-order valence-electron chi connectivity index (χ2n) is 7.08. The first-order chi connectivity index (χ1) is 12.7. The smallest absolute Gasteiger partial charge is 0.254 e. The molecule has 4 nitrogen and oxygen atoms in total. The molecule has 0 saturated carbocycles. The van der Waals surface area contributed by atoms with Crippen LogP contribution in [0.2, 0.25) is 0 Å². The Hall–Kier alpha value is -1.21. The van der Waals surface area contributed by atoms with Crippen LogP contribution in [-0.2, 0) is 0 Å². The minimum Gasteiger partial charge on any atom is -0.336 e. The van der Waals surface area contributed by atoms with Crippen LogP contribution in [0.25, 0.3) is 10.8 Å². The number of carbonyl (C=O) groups excluding carboxylic acids is 1. The summed E-state index contributed by atoms with van der Waals surface area (Å²) in [6.07, 6.45) is 1.11. The molecule has 2 aromatic carbocycles. The van der Waals surface area contributed by atoms with Gasteiger partial charge in [-0.2, -0.15) is 0 Å². The Morgan fingerprint density at radius 2 is 1.88 bits per heavy atom. The van der Waals surface area contributed by atoms with E-state index in [2.05, 4.69) is 17.0 Å². The van der Waals surface area contributed by atoms with Gasteiger partial charge in [-0.05, 0) is 23.3 Å². The van der Waals surface area contributed by atoms with Crippen molar-refractivity contribution in [3.8, 4) is 0 Å². The largest absolute Gasteiger partial charge is 0.336 e. The van der Waals surface area contributed by atoms with E-state index in [1.165, 1.54) is 0 Å². The molecule has 0 aliphatic carbocycles. The second-order valence-corrected chi connectivity index (χ2v) is 9.71. The fourth-order valence-corrected chi connectivity index (χ4v) is 6.22. The summed E-state index contributed by atoms with van der Waals surface area (Å²) >= 11 is 0. The van der Waals surface area contributed by atoms with Crippen LogP contribution in [0.5, 0.6) is 0 Å². The number of hydrogen-bond acceptors (Lipinski definition) is 5. The fraction of sp³-hybridized carbons (Fsp3) is 0.450. The number of rotatable bonds is 1. The van der Waals surface area contributed by atoms with Crippen molar-refractivity contribution in [2.75, 3.05) is 37.7 Å². The Bertz CT molecular complexity index is 779. The molecule has 2 aliphatic rings. The maximum absolute atomic E-state index is 13.2. The summed E-state index contributed by atoms with van der Waals surface area (Å²) in [6.45, 7) is 3.45. The molecule has 0 bridgehead atoms. The number of carbonyl (C=O) groups is 1. The lowest BCUT2D eigenvalue weighted by molar-refractivity contribution is 0.0468. The van der Waals surface area contributed by atoms with E-state index in [0.29, 0.717) is 6.04 Å². The molecule has 2 atom stereocenters. The van der Waals surface area contributed by atoms with E-state index < -0.39 is 0 Å². The third-order valence-electron chi connectivity index (χ3n) is 5.28. The van der Waals surface area contributed by atoms with Crippen LogP contribution in [0.1, 0.15) is 16.8 Å². The Balaban J connectivity index is 1.54. The molecular formula is C20H25N3OS2. The average molecular weight is 388 g/mol. The van der Waals surface area contributed by atoms with Crippen LogP contribution in [0.3, 0.4) is 0 Å². The van der Waals surface area contributed by atoms with Crippen molar-refractivity contribution in [2.24, 2.45) is 5.73 Å². The van der Waals surface area contributed by atoms with E-state index in [-0.39, 0.29) is 11.9 Å². The van der Waals surface area contributed by atoms with Crippen molar-refractivity contribution in [3.05, 3.63) is 48.0 Å². The number of hydrogen-bond donors (Lipinski definition) is 1. The highest BCUT2D eigenvalue weighted by atomic mass is 33.1. The molecule has 2 saturated heterocycles. The molecule has 0 spiro atoms. The number of fused-ring (bicyclic) bond motifs is 2. The van der Waals surface area contributed by atoms with Crippen LogP contribution in [0.4, 0.5) is 0 Å². The monoisotopic (exact) mass is 387 g/mol. The number of benzene rings is 2. The van der Waals surface area contributed by atoms with Gasteiger partial charge in [-0.1, -0.05) is 58.0 Å². The van der Waals surface area contributed by atoms with Gasteiger partial charge in [-0.25, -0.2) is 0 Å². The van der Waals surface area contributed by atoms with Crippen LogP contribution in [-0.4, -0.2) is 65.5 Å². The molecule has 1 amide bonds. The van der Waals surface area contributed by atoms with Gasteiger partial charge in [-0.3, -0.25) is 9.69 Å². The zero-order valence-corrected chi connectivity index (χ0v) is 16.5. The number of piperazine rings is 1. The average Bonchev–Trinajstić information content (AvgIpc) is 2.76. The zero-order valence-electron chi connectivity index (χ0n) is 14.8. The Labute approximate surface area is 162 Å². The first-order valence-corrected chi connectivity index (χ1v) is 11.7. The molecule has 6 heteroatoms. The maximum Gasteiger partial charge on any atom is 0.254 e. The van der Waals surface area contributed by atoms with Gasteiger partial charge in [0.05, 0.1) is 0 Å². The van der Waals surface area contributed by atoms with Crippen molar-refractivity contribution in [2.45, 2.75) is 18.5 Å². The lowest BCUT2D eigenvalue weighted by Gasteiger charge is -2.42. The van der Waals surface area contributed by atoms with E-state index in [1.54, 1.807) is 0 Å². The van der Waals surface area contributed by atoms with Crippen molar-refractivity contribution in [1.82, 2.24) is 9.80 Å². The van der Waals surface area contributed by atoms with Gasteiger partial charge in [0.1, 0.15) is 0 Å². The van der Waals surface area contributed by atoms with E-state index in [0.717, 1.165) is 60.4 Å². The minimum absolute atomic E-state index is 0.160. The molecule has 0 unspecified atom stereocenters. The fourth-order valence-electron chi connectivity index (χ4n) is 3.91. The Morgan fingerprint density at radius 1 is 1.04 bits per heavy atom. The SMILES string of the molecule is N[C@@H]1CSSCC[C@H]2CN(C(=O)c3cccc4ccccc34)CCN2C1. The predicted octanol–water partition coefficient (Wildman–Crippen LogP) is 3.08. The standard InChI is InChI=1S/C20H25N3OS2/c21-16-12-22-9-10-23(13-17(22)8-11-25-26-14-16)20(24)19-7-3-5-15-4-1-2-6-18(15)19/h1-7,16-17H,8-14,21H2/t16-,17-/m0/s1. The lowest BCUT2D eigenvalue weighted by Crippen LogP contribution is -2.57. The van der Waals surface area contributed by atoms with Crippen molar-refractivity contribution >= 4 is 38.3 Å². The minimum atomic E-state index is 0.160. The topological polar surface area (TPSA) is 49.6 Å². The molecule has 2 aliphatic heterocycles. The summed E-state index contributed by atoms with van der Waals surface area (Å²) in [4.78, 5) is 17.8. The molecule has 2 fully saturated rings. The quantitative estimate of drug-likeness (QED) is 0.762. The molecule has 4 rings (SSSR count). The molecule has 138 valence electrons. The van der Waals surface area contributed by atoms with Gasteiger partial charge < -0.3 is 10.6 Å². The molecule has 0 radical (unpaired) electrons. The molecule has 2 aromatic rings. The summed E-state index contributed by atoms with van der Waals surface area (Å²) in [5.41, 5.74) is 7.09.